The maximum Gasteiger partial charge on any atom is 0.253 e. The van der Waals surface area contributed by atoms with Gasteiger partial charge in [-0.3, -0.25) is 9.59 Å². The number of fused-ring (bicyclic) bond motifs is 2. The van der Waals surface area contributed by atoms with E-state index in [9.17, 15) is 9.59 Å². The number of benzene rings is 2. The van der Waals surface area contributed by atoms with Crippen molar-refractivity contribution in [3.05, 3.63) is 56.8 Å². The molecule has 1 aromatic heterocycles. The summed E-state index contributed by atoms with van der Waals surface area (Å²) >= 11 is 0. The number of H-pyrrole nitrogens is 1. The number of aromatic nitrogens is 3. The third-order valence-electron chi connectivity index (χ3n) is 4.17. The Morgan fingerprint density at radius 1 is 0.885 bits per heavy atom. The van der Waals surface area contributed by atoms with Crippen LogP contribution < -0.4 is 31.0 Å². The number of aromatic amines is 1. The van der Waals surface area contributed by atoms with Crippen LogP contribution in [0.15, 0.2) is 46.0 Å². The van der Waals surface area contributed by atoms with Gasteiger partial charge in [-0.25, -0.2) is 0 Å². The maximum atomic E-state index is 12.1. The normalized spacial score (nSPS) is 12.6. The molecule has 2 heterocycles. The van der Waals surface area contributed by atoms with E-state index < -0.39 is 10.9 Å². The van der Waals surface area contributed by atoms with E-state index in [4.69, 9.17) is 9.47 Å². The molecule has 0 radical (unpaired) electrons. The van der Waals surface area contributed by atoms with E-state index in [2.05, 4.69) is 26.0 Å². The highest BCUT2D eigenvalue weighted by atomic mass is 16.7. The minimum Gasteiger partial charge on any atom is -0.454 e. The molecule has 3 N–H and O–H groups in total. The van der Waals surface area contributed by atoms with Gasteiger partial charge in [0.05, 0.1) is 11.4 Å². The lowest BCUT2D eigenvalue weighted by atomic mass is 10.1. The first-order valence-electron chi connectivity index (χ1n) is 7.78. The van der Waals surface area contributed by atoms with Crippen LogP contribution in [0.25, 0.3) is 11.0 Å². The lowest BCUT2D eigenvalue weighted by Gasteiger charge is -2.16. The molecule has 0 atom stereocenters. The van der Waals surface area contributed by atoms with E-state index in [-0.39, 0.29) is 18.2 Å². The van der Waals surface area contributed by atoms with Crippen LogP contribution in [-0.2, 0) is 0 Å². The van der Waals surface area contributed by atoms with Crippen LogP contribution in [0.1, 0.15) is 0 Å². The van der Waals surface area contributed by atoms with Gasteiger partial charge in [0.2, 0.25) is 6.79 Å². The summed E-state index contributed by atoms with van der Waals surface area (Å²) in [5.41, 5.74) is 1.48. The molecule has 0 fully saturated rings. The average Bonchev–Trinajstić information content (AvgIpc) is 3.33. The molecule has 0 saturated carbocycles. The largest absolute Gasteiger partial charge is 0.454 e. The molecule has 4 aromatic rings. The zero-order chi connectivity index (χ0) is 17.7. The van der Waals surface area contributed by atoms with Crippen LogP contribution in [0.2, 0.25) is 0 Å². The summed E-state index contributed by atoms with van der Waals surface area (Å²) in [5.74, 6) is 1.08. The van der Waals surface area contributed by atoms with E-state index in [1.165, 1.54) is 0 Å². The Morgan fingerprint density at radius 3 is 2.46 bits per heavy atom. The average molecular weight is 349 g/mol. The van der Waals surface area contributed by atoms with Gasteiger partial charge in [-0.15, -0.1) is 0 Å². The number of nitrogens with zero attached hydrogens (tertiary/aromatic N) is 2. The van der Waals surface area contributed by atoms with Crippen molar-refractivity contribution in [2.45, 2.75) is 0 Å². The van der Waals surface area contributed by atoms with E-state index in [1.54, 1.807) is 36.4 Å². The summed E-state index contributed by atoms with van der Waals surface area (Å²) in [5, 5.41) is 16.5. The number of rotatable bonds is 4. The van der Waals surface area contributed by atoms with Gasteiger partial charge in [-0.05, 0) is 24.3 Å². The fourth-order valence-corrected chi connectivity index (χ4v) is 2.90. The zero-order valence-corrected chi connectivity index (χ0v) is 13.2. The summed E-state index contributed by atoms with van der Waals surface area (Å²) in [6.07, 6.45) is 0. The van der Waals surface area contributed by atoms with E-state index in [0.29, 0.717) is 33.9 Å². The first kappa shape index (κ1) is 14.5. The zero-order valence-electron chi connectivity index (χ0n) is 13.2. The molecule has 9 heteroatoms. The number of hydrogen-bond donors (Lipinski definition) is 3. The van der Waals surface area contributed by atoms with Gasteiger partial charge in [0.1, 0.15) is 22.4 Å². The fourth-order valence-electron chi connectivity index (χ4n) is 2.90. The Morgan fingerprint density at radius 2 is 1.62 bits per heavy atom. The minimum atomic E-state index is -0.601. The highest BCUT2D eigenvalue weighted by Crippen LogP contribution is 2.40. The number of para-hydroxylation sites is 2. The summed E-state index contributed by atoms with van der Waals surface area (Å²) in [6.45, 7) is 0.110. The molecular formula is C17H11N5O4. The third-order valence-corrected chi connectivity index (χ3v) is 4.17. The van der Waals surface area contributed by atoms with E-state index >= 15 is 0 Å². The standard InChI is InChI=1S/C17H11N5O4/c23-15-13(18-8-3-1-4-9-12(8)21-22-20-9)14(16(15)24)19-10-5-2-6-11-17(10)26-7-25-11/h1-6,18-19H,7H2,(H,20,21,22). The van der Waals surface area contributed by atoms with Crippen molar-refractivity contribution >= 4 is 33.8 Å². The predicted molar refractivity (Wildman–Crippen MR) is 94.4 cm³/mol. The number of hydrogen-bond acceptors (Lipinski definition) is 8. The van der Waals surface area contributed by atoms with Crippen LogP contribution in [0.5, 0.6) is 11.5 Å². The fraction of sp³-hybridized carbons (Fsp3) is 0.0588. The Hall–Kier alpha value is -3.88. The molecule has 0 amide bonds. The predicted octanol–water partition coefficient (Wildman–Crippen LogP) is 1.77. The van der Waals surface area contributed by atoms with Crippen molar-refractivity contribution in [1.82, 2.24) is 15.4 Å². The minimum absolute atomic E-state index is 0.110. The quantitative estimate of drug-likeness (QED) is 0.477. The Kier molecular flexibility index (Phi) is 2.95. The van der Waals surface area contributed by atoms with Gasteiger partial charge in [0.15, 0.2) is 11.5 Å². The number of nitrogens with one attached hydrogen (secondary N) is 3. The molecule has 26 heavy (non-hydrogen) atoms. The van der Waals surface area contributed by atoms with Gasteiger partial charge in [-0.2, -0.15) is 15.4 Å². The Balaban J connectivity index is 1.52. The Labute approximate surface area is 145 Å². The van der Waals surface area contributed by atoms with E-state index in [0.717, 1.165) is 0 Å². The van der Waals surface area contributed by atoms with Crippen molar-refractivity contribution in [2.24, 2.45) is 0 Å². The van der Waals surface area contributed by atoms with E-state index in [1.807, 2.05) is 0 Å². The maximum absolute atomic E-state index is 12.1. The second-order valence-electron chi connectivity index (χ2n) is 5.69. The lowest BCUT2D eigenvalue weighted by Crippen LogP contribution is -2.35. The number of ether oxygens (including phenoxy) is 2. The smallest absolute Gasteiger partial charge is 0.253 e. The molecule has 1 aliphatic rings. The molecule has 3 aromatic carbocycles. The molecular weight excluding hydrogens is 338 g/mol. The molecule has 1 aliphatic heterocycles. The highest BCUT2D eigenvalue weighted by molar-refractivity contribution is 5.93. The molecule has 0 aliphatic carbocycles. The van der Waals surface area contributed by atoms with Crippen LogP contribution in [-0.4, -0.2) is 22.2 Å². The van der Waals surface area contributed by atoms with Crippen molar-refractivity contribution in [3.63, 3.8) is 0 Å². The molecule has 128 valence electrons. The van der Waals surface area contributed by atoms with Crippen LogP contribution in [0, 0.1) is 0 Å². The highest BCUT2D eigenvalue weighted by Gasteiger charge is 2.25. The van der Waals surface area contributed by atoms with Gasteiger partial charge >= 0.3 is 0 Å². The summed E-state index contributed by atoms with van der Waals surface area (Å²) < 4.78 is 10.7. The monoisotopic (exact) mass is 349 g/mol. The topological polar surface area (TPSA) is 118 Å². The van der Waals surface area contributed by atoms with Crippen LogP contribution >= 0.6 is 0 Å². The summed E-state index contributed by atoms with van der Waals surface area (Å²) in [4.78, 5) is 24.1. The number of anilines is 4. The first-order valence-corrected chi connectivity index (χ1v) is 7.78. The summed E-state index contributed by atoms with van der Waals surface area (Å²) in [7, 11) is 0. The summed E-state index contributed by atoms with van der Waals surface area (Å²) in [6, 6.07) is 10.6. The van der Waals surface area contributed by atoms with Crippen molar-refractivity contribution in [1.29, 1.82) is 0 Å². The molecule has 5 rings (SSSR count). The van der Waals surface area contributed by atoms with Crippen molar-refractivity contribution in [2.75, 3.05) is 17.4 Å². The van der Waals surface area contributed by atoms with Crippen LogP contribution in [0.4, 0.5) is 22.7 Å². The SMILES string of the molecule is O=c1c(Nc2cccc3c2OCO3)c(Nc2cccc3n[nH]nc23)c1=O. The molecule has 0 spiro atoms. The Bertz CT molecular complexity index is 1220. The van der Waals surface area contributed by atoms with Gasteiger partial charge in [-0.1, -0.05) is 12.1 Å². The molecule has 9 nitrogen and oxygen atoms in total. The third kappa shape index (κ3) is 2.04. The van der Waals surface area contributed by atoms with Gasteiger partial charge in [0.25, 0.3) is 10.9 Å². The molecule has 0 bridgehead atoms. The van der Waals surface area contributed by atoms with Crippen molar-refractivity contribution < 1.29 is 9.47 Å². The lowest BCUT2D eigenvalue weighted by molar-refractivity contribution is 0.174. The first-order chi connectivity index (χ1) is 12.7. The second kappa shape index (κ2) is 5.31. The van der Waals surface area contributed by atoms with Gasteiger partial charge in [0, 0.05) is 0 Å². The molecule has 0 unspecified atom stereocenters. The van der Waals surface area contributed by atoms with Crippen molar-refractivity contribution in [3.8, 4) is 11.5 Å². The second-order valence-corrected chi connectivity index (χ2v) is 5.69. The van der Waals surface area contributed by atoms with Gasteiger partial charge < -0.3 is 20.1 Å². The molecule has 0 saturated heterocycles. The van der Waals surface area contributed by atoms with Crippen LogP contribution in [0.3, 0.4) is 0 Å².